The molecule has 4 rings (SSSR count). The first kappa shape index (κ1) is 10.9. The van der Waals surface area contributed by atoms with Crippen LogP contribution in [-0.4, -0.2) is 31.1 Å². The number of likely N-dealkylation sites (tertiary alicyclic amines) is 1. The van der Waals surface area contributed by atoms with E-state index >= 15 is 0 Å². The molecular weight excluding hydrogens is 220 g/mol. The third-order valence-corrected chi connectivity index (χ3v) is 5.22. The molecule has 0 bridgehead atoms. The van der Waals surface area contributed by atoms with E-state index in [9.17, 15) is 0 Å². The summed E-state index contributed by atoms with van der Waals surface area (Å²) in [5.74, 6) is 2.75. The highest BCUT2D eigenvalue weighted by Crippen LogP contribution is 2.39. The van der Waals surface area contributed by atoms with Crippen LogP contribution in [-0.2, 0) is 0 Å². The lowest BCUT2D eigenvalue weighted by Crippen LogP contribution is -2.28. The third kappa shape index (κ3) is 1.74. The average molecular weight is 242 g/mol. The first-order valence-corrected chi connectivity index (χ1v) is 7.45. The van der Waals surface area contributed by atoms with Gasteiger partial charge in [0.15, 0.2) is 0 Å². The van der Waals surface area contributed by atoms with Crippen molar-refractivity contribution >= 4 is 5.69 Å². The van der Waals surface area contributed by atoms with Crippen molar-refractivity contribution in [1.82, 2.24) is 4.90 Å². The molecule has 18 heavy (non-hydrogen) atoms. The lowest BCUT2D eigenvalue weighted by Gasteiger charge is -2.21. The number of benzene rings is 1. The van der Waals surface area contributed by atoms with Gasteiger partial charge in [-0.15, -0.1) is 0 Å². The Kier molecular flexibility index (Phi) is 2.58. The number of hydrogen-bond acceptors (Lipinski definition) is 2. The zero-order chi connectivity index (χ0) is 11.9. The second-order valence-corrected chi connectivity index (χ2v) is 6.33. The fourth-order valence-corrected chi connectivity index (χ4v) is 4.31. The van der Waals surface area contributed by atoms with Crippen LogP contribution in [0.1, 0.15) is 30.7 Å². The molecule has 96 valence electrons. The quantitative estimate of drug-likeness (QED) is 0.858. The van der Waals surface area contributed by atoms with Crippen LogP contribution in [0.3, 0.4) is 0 Å². The van der Waals surface area contributed by atoms with Gasteiger partial charge >= 0.3 is 0 Å². The van der Waals surface area contributed by atoms with Gasteiger partial charge in [0.1, 0.15) is 0 Å². The van der Waals surface area contributed by atoms with Crippen molar-refractivity contribution in [1.29, 1.82) is 0 Å². The lowest BCUT2D eigenvalue weighted by atomic mass is 10.0. The highest BCUT2D eigenvalue weighted by molar-refractivity contribution is 5.57. The average Bonchev–Trinajstić information content (AvgIpc) is 3.04. The van der Waals surface area contributed by atoms with Crippen molar-refractivity contribution in [2.75, 3.05) is 31.5 Å². The highest BCUT2D eigenvalue weighted by Gasteiger charge is 2.37. The van der Waals surface area contributed by atoms with Crippen molar-refractivity contribution in [3.63, 3.8) is 0 Å². The monoisotopic (exact) mass is 242 g/mol. The van der Waals surface area contributed by atoms with Crippen molar-refractivity contribution in [3.05, 3.63) is 29.8 Å². The Labute approximate surface area is 109 Å². The van der Waals surface area contributed by atoms with Gasteiger partial charge in [0.25, 0.3) is 0 Å². The van der Waals surface area contributed by atoms with Gasteiger partial charge in [-0.2, -0.15) is 0 Å². The maximum Gasteiger partial charge on any atom is 0.0376 e. The number of hydrogen-bond donors (Lipinski definition) is 1. The van der Waals surface area contributed by atoms with Crippen molar-refractivity contribution < 1.29 is 0 Å². The van der Waals surface area contributed by atoms with E-state index < -0.39 is 0 Å². The molecule has 2 heterocycles. The topological polar surface area (TPSA) is 15.3 Å². The van der Waals surface area contributed by atoms with Crippen LogP contribution < -0.4 is 5.32 Å². The predicted molar refractivity (Wildman–Crippen MR) is 74.9 cm³/mol. The van der Waals surface area contributed by atoms with E-state index in [0.717, 1.165) is 18.4 Å². The van der Waals surface area contributed by atoms with Crippen LogP contribution in [0.2, 0.25) is 0 Å². The molecule has 1 saturated carbocycles. The highest BCUT2D eigenvalue weighted by atomic mass is 15.2. The second kappa shape index (κ2) is 4.27. The Morgan fingerprint density at radius 1 is 1.11 bits per heavy atom. The van der Waals surface area contributed by atoms with Crippen molar-refractivity contribution in [3.8, 4) is 0 Å². The molecule has 1 aromatic carbocycles. The third-order valence-electron chi connectivity index (χ3n) is 5.22. The summed E-state index contributed by atoms with van der Waals surface area (Å²) in [5.41, 5.74) is 2.90. The molecule has 0 aromatic heterocycles. The molecular formula is C16H22N2. The Morgan fingerprint density at radius 2 is 1.89 bits per heavy atom. The minimum atomic E-state index is 0.708. The molecule has 3 unspecified atom stereocenters. The van der Waals surface area contributed by atoms with E-state index in [4.69, 9.17) is 0 Å². The number of rotatable bonds is 2. The number of nitrogens with one attached hydrogen (secondary N) is 1. The van der Waals surface area contributed by atoms with Gasteiger partial charge in [0.05, 0.1) is 0 Å². The fourth-order valence-electron chi connectivity index (χ4n) is 4.31. The second-order valence-electron chi connectivity index (χ2n) is 6.33. The normalized spacial score (nSPS) is 34.3. The minimum Gasteiger partial charge on any atom is -0.384 e. The lowest BCUT2D eigenvalue weighted by molar-refractivity contribution is 0.296. The maximum atomic E-state index is 3.55. The Morgan fingerprint density at radius 3 is 2.72 bits per heavy atom. The van der Waals surface area contributed by atoms with Gasteiger partial charge in [-0.1, -0.05) is 24.6 Å². The van der Waals surface area contributed by atoms with Crippen LogP contribution in [0, 0.1) is 11.8 Å². The molecule has 1 saturated heterocycles. The molecule has 1 aromatic rings. The van der Waals surface area contributed by atoms with E-state index in [0.29, 0.717) is 5.92 Å². The number of fused-ring (bicyclic) bond motifs is 2. The van der Waals surface area contributed by atoms with Crippen LogP contribution in [0.5, 0.6) is 0 Å². The van der Waals surface area contributed by atoms with Crippen LogP contribution in [0.4, 0.5) is 5.69 Å². The first-order valence-electron chi connectivity index (χ1n) is 7.45. The summed E-state index contributed by atoms with van der Waals surface area (Å²) < 4.78 is 0. The van der Waals surface area contributed by atoms with E-state index in [1.807, 2.05) is 0 Å². The SMILES string of the molecule is c1ccc2c(c1)NCC2CN1CC2CCCC2C1. The molecule has 3 atom stereocenters. The number of nitrogens with zero attached hydrogens (tertiary/aromatic N) is 1. The first-order chi connectivity index (χ1) is 8.90. The van der Waals surface area contributed by atoms with Gasteiger partial charge in [0.2, 0.25) is 0 Å². The smallest absolute Gasteiger partial charge is 0.0376 e. The van der Waals surface area contributed by atoms with E-state index in [1.54, 1.807) is 0 Å². The van der Waals surface area contributed by atoms with Gasteiger partial charge in [-0.25, -0.2) is 0 Å². The molecule has 1 aliphatic carbocycles. The largest absolute Gasteiger partial charge is 0.384 e. The molecule has 3 aliphatic rings. The number of anilines is 1. The predicted octanol–water partition coefficient (Wildman–Crippen LogP) is 2.93. The van der Waals surface area contributed by atoms with Crippen LogP contribution >= 0.6 is 0 Å². The molecule has 2 fully saturated rings. The van der Waals surface area contributed by atoms with Crippen molar-refractivity contribution in [2.45, 2.75) is 25.2 Å². The standard InChI is InChI=1S/C16H22N2/c1-2-7-16-15(6-1)14(8-17-16)11-18-9-12-4-3-5-13(12)10-18/h1-2,6-7,12-14,17H,3-5,8-11H2. The molecule has 0 spiro atoms. The zero-order valence-corrected chi connectivity index (χ0v) is 10.9. The fraction of sp³-hybridized carbons (Fsp3) is 0.625. The van der Waals surface area contributed by atoms with Gasteiger partial charge in [-0.3, -0.25) is 0 Å². The Hall–Kier alpha value is -1.02. The molecule has 0 radical (unpaired) electrons. The van der Waals surface area contributed by atoms with Crippen LogP contribution in [0.15, 0.2) is 24.3 Å². The summed E-state index contributed by atoms with van der Waals surface area (Å²) in [6.07, 6.45) is 4.46. The van der Waals surface area contributed by atoms with Gasteiger partial charge in [0, 0.05) is 37.8 Å². The van der Waals surface area contributed by atoms with Crippen LogP contribution in [0.25, 0.3) is 0 Å². The van der Waals surface area contributed by atoms with Gasteiger partial charge in [-0.05, 0) is 36.3 Å². The minimum absolute atomic E-state index is 0.708. The molecule has 2 nitrogen and oxygen atoms in total. The molecule has 0 amide bonds. The summed E-state index contributed by atoms with van der Waals surface area (Å²) in [7, 11) is 0. The summed E-state index contributed by atoms with van der Waals surface area (Å²) in [6.45, 7) is 5.12. The maximum absolute atomic E-state index is 3.55. The molecule has 2 aliphatic heterocycles. The Bertz CT molecular complexity index is 430. The summed E-state index contributed by atoms with van der Waals surface area (Å²) in [5, 5.41) is 3.55. The number of para-hydroxylation sites is 1. The molecule has 1 N–H and O–H groups in total. The van der Waals surface area contributed by atoms with E-state index in [1.165, 1.54) is 50.1 Å². The summed E-state index contributed by atoms with van der Waals surface area (Å²) in [6, 6.07) is 8.83. The van der Waals surface area contributed by atoms with E-state index in [-0.39, 0.29) is 0 Å². The summed E-state index contributed by atoms with van der Waals surface area (Å²) in [4.78, 5) is 2.73. The Balaban J connectivity index is 1.45. The summed E-state index contributed by atoms with van der Waals surface area (Å²) >= 11 is 0. The van der Waals surface area contributed by atoms with E-state index in [2.05, 4.69) is 34.5 Å². The zero-order valence-electron chi connectivity index (χ0n) is 10.9. The van der Waals surface area contributed by atoms with Gasteiger partial charge < -0.3 is 10.2 Å². The molecule has 2 heteroatoms. The van der Waals surface area contributed by atoms with Crippen molar-refractivity contribution in [2.24, 2.45) is 11.8 Å².